The van der Waals surface area contributed by atoms with Gasteiger partial charge in [-0.15, -0.1) is 0 Å². The monoisotopic (exact) mass is 425 g/mol. The van der Waals surface area contributed by atoms with Crippen LogP contribution in [0.5, 0.6) is 0 Å². The van der Waals surface area contributed by atoms with Crippen molar-refractivity contribution in [2.24, 2.45) is 0 Å². The predicted octanol–water partition coefficient (Wildman–Crippen LogP) is 1.30. The molecule has 0 saturated carbocycles. The molecular weight excluding hydrogens is 414 g/mol. The number of hydrogen-bond acceptors (Lipinski definition) is 4. The lowest BCUT2D eigenvalue weighted by atomic mass is 10.3. The lowest BCUT2D eigenvalue weighted by molar-refractivity contribution is -0.120. The average Bonchev–Trinajstić information content (AvgIpc) is 2.52. The van der Waals surface area contributed by atoms with Gasteiger partial charge < -0.3 is 11.1 Å². The highest BCUT2D eigenvalue weighted by atomic mass is 79.9. The van der Waals surface area contributed by atoms with Gasteiger partial charge in [0, 0.05) is 22.0 Å². The maximum absolute atomic E-state index is 12.7. The van der Waals surface area contributed by atoms with E-state index in [4.69, 9.17) is 5.73 Å². The first-order valence-corrected chi connectivity index (χ1v) is 8.86. The van der Waals surface area contributed by atoms with E-state index in [2.05, 4.69) is 37.2 Å². The summed E-state index contributed by atoms with van der Waals surface area (Å²) in [7, 11) is -3.82. The Hall–Kier alpha value is -0.640. The molecule has 1 fully saturated rings. The quantitative estimate of drug-likeness (QED) is 0.697. The van der Waals surface area contributed by atoms with E-state index < -0.39 is 10.0 Å². The van der Waals surface area contributed by atoms with E-state index in [1.54, 1.807) is 6.07 Å². The summed E-state index contributed by atoms with van der Waals surface area (Å²) in [6.45, 7) is 0.565. The van der Waals surface area contributed by atoms with Gasteiger partial charge in [-0.1, -0.05) is 15.9 Å². The van der Waals surface area contributed by atoms with Gasteiger partial charge in [0.05, 0.1) is 12.2 Å². The van der Waals surface area contributed by atoms with Gasteiger partial charge >= 0.3 is 0 Å². The molecule has 0 spiro atoms. The topological polar surface area (TPSA) is 92.5 Å². The molecule has 1 heterocycles. The Labute approximate surface area is 134 Å². The van der Waals surface area contributed by atoms with Crippen LogP contribution >= 0.6 is 31.9 Å². The Balaban J connectivity index is 2.47. The van der Waals surface area contributed by atoms with Crippen LogP contribution in [0, 0.1) is 0 Å². The number of anilines is 1. The van der Waals surface area contributed by atoms with E-state index in [0.29, 0.717) is 21.9 Å². The number of carbonyl (C=O) groups excluding carboxylic acids is 1. The highest BCUT2D eigenvalue weighted by Gasteiger charge is 2.31. The number of rotatable bonds is 2. The van der Waals surface area contributed by atoms with Crippen LogP contribution in [-0.4, -0.2) is 38.3 Å². The largest absolute Gasteiger partial charge is 0.398 e. The number of nitrogen functional groups attached to an aromatic ring is 1. The molecule has 0 radical (unpaired) electrons. The van der Waals surface area contributed by atoms with Crippen molar-refractivity contribution in [3.63, 3.8) is 0 Å². The van der Waals surface area contributed by atoms with Crippen LogP contribution in [0.1, 0.15) is 6.42 Å². The molecule has 0 aromatic heterocycles. The van der Waals surface area contributed by atoms with E-state index in [0.717, 1.165) is 4.31 Å². The van der Waals surface area contributed by atoms with Gasteiger partial charge in [0.1, 0.15) is 4.90 Å². The third kappa shape index (κ3) is 3.16. The van der Waals surface area contributed by atoms with Crippen LogP contribution in [0.4, 0.5) is 5.69 Å². The molecule has 1 aromatic carbocycles. The molecule has 1 aliphatic rings. The third-order valence-electron chi connectivity index (χ3n) is 2.86. The number of benzene rings is 1. The number of nitrogens with one attached hydrogen (secondary N) is 1. The number of carbonyl (C=O) groups is 1. The van der Waals surface area contributed by atoms with Gasteiger partial charge in [-0.3, -0.25) is 4.79 Å². The van der Waals surface area contributed by atoms with Crippen LogP contribution in [0.25, 0.3) is 0 Å². The second-order valence-electron chi connectivity index (χ2n) is 4.35. The van der Waals surface area contributed by atoms with Gasteiger partial charge in [-0.25, -0.2) is 8.42 Å². The minimum atomic E-state index is -3.82. The maximum Gasteiger partial charge on any atom is 0.246 e. The number of amides is 1. The number of nitrogens with two attached hydrogens (primary N) is 1. The number of nitrogens with zero attached hydrogens (tertiary/aromatic N) is 1. The summed E-state index contributed by atoms with van der Waals surface area (Å²) in [5, 5.41) is 2.64. The van der Waals surface area contributed by atoms with Gasteiger partial charge in [-0.2, -0.15) is 4.31 Å². The maximum atomic E-state index is 12.7. The summed E-state index contributed by atoms with van der Waals surface area (Å²) in [5.41, 5.74) is 5.96. The van der Waals surface area contributed by atoms with E-state index in [9.17, 15) is 13.2 Å². The molecule has 1 aromatic rings. The van der Waals surface area contributed by atoms with Crippen molar-refractivity contribution >= 4 is 53.5 Å². The first kappa shape index (κ1) is 15.7. The molecule has 20 heavy (non-hydrogen) atoms. The molecule has 1 saturated heterocycles. The predicted molar refractivity (Wildman–Crippen MR) is 82.6 cm³/mol. The first-order valence-electron chi connectivity index (χ1n) is 5.84. The molecular formula is C11H13Br2N3O3S. The van der Waals surface area contributed by atoms with Crippen LogP contribution in [0.2, 0.25) is 0 Å². The van der Waals surface area contributed by atoms with Gasteiger partial charge in [0.2, 0.25) is 15.9 Å². The van der Waals surface area contributed by atoms with Crippen molar-refractivity contribution in [1.82, 2.24) is 9.62 Å². The number of halogens is 2. The Morgan fingerprint density at radius 3 is 2.65 bits per heavy atom. The Morgan fingerprint density at radius 1 is 1.30 bits per heavy atom. The van der Waals surface area contributed by atoms with Crippen LogP contribution in [0.3, 0.4) is 0 Å². The Bertz CT molecular complexity index is 625. The standard InChI is InChI=1S/C11H13Br2N3O3S/c12-7-4-8(13)11(9(14)5-7)20(18,19)16-3-1-2-15-10(17)6-16/h4-5H,1-3,6,14H2,(H,15,17). The Kier molecular flexibility index (Phi) is 4.73. The molecule has 0 atom stereocenters. The Morgan fingerprint density at radius 2 is 2.00 bits per heavy atom. The lowest BCUT2D eigenvalue weighted by Crippen LogP contribution is -2.37. The van der Waals surface area contributed by atoms with Gasteiger partial charge in [0.25, 0.3) is 0 Å². The van der Waals surface area contributed by atoms with Gasteiger partial charge in [-0.05, 0) is 34.5 Å². The second kappa shape index (κ2) is 6.00. The lowest BCUT2D eigenvalue weighted by Gasteiger charge is -2.20. The smallest absolute Gasteiger partial charge is 0.246 e. The highest BCUT2D eigenvalue weighted by molar-refractivity contribution is 9.11. The van der Waals surface area contributed by atoms with Crippen molar-refractivity contribution in [2.75, 3.05) is 25.4 Å². The molecule has 0 unspecified atom stereocenters. The summed E-state index contributed by atoms with van der Waals surface area (Å²) >= 11 is 6.47. The minimum Gasteiger partial charge on any atom is -0.398 e. The fourth-order valence-corrected chi connectivity index (χ4v) is 5.41. The zero-order valence-corrected chi connectivity index (χ0v) is 14.4. The van der Waals surface area contributed by atoms with Crippen molar-refractivity contribution in [3.8, 4) is 0 Å². The van der Waals surface area contributed by atoms with Crippen molar-refractivity contribution in [2.45, 2.75) is 11.3 Å². The zero-order chi connectivity index (χ0) is 14.9. The summed E-state index contributed by atoms with van der Waals surface area (Å²) in [5.74, 6) is -0.308. The third-order valence-corrected chi connectivity index (χ3v) is 6.17. The molecule has 1 amide bonds. The van der Waals surface area contributed by atoms with E-state index in [-0.39, 0.29) is 29.6 Å². The van der Waals surface area contributed by atoms with Crippen LogP contribution < -0.4 is 11.1 Å². The minimum absolute atomic E-state index is 0.00426. The van der Waals surface area contributed by atoms with E-state index in [1.165, 1.54) is 6.07 Å². The summed E-state index contributed by atoms with van der Waals surface area (Å²) in [6, 6.07) is 3.14. The summed E-state index contributed by atoms with van der Waals surface area (Å²) in [4.78, 5) is 11.5. The normalized spacial score (nSPS) is 17.6. The van der Waals surface area contributed by atoms with Crippen LogP contribution in [-0.2, 0) is 14.8 Å². The molecule has 9 heteroatoms. The molecule has 3 N–H and O–H groups in total. The molecule has 2 rings (SSSR count). The van der Waals surface area contributed by atoms with Gasteiger partial charge in [0.15, 0.2) is 0 Å². The summed E-state index contributed by atoms with van der Waals surface area (Å²) in [6.07, 6.45) is 0.568. The van der Waals surface area contributed by atoms with Crippen LogP contribution in [0.15, 0.2) is 26.0 Å². The van der Waals surface area contributed by atoms with Crippen molar-refractivity contribution in [1.29, 1.82) is 0 Å². The SMILES string of the molecule is Nc1cc(Br)cc(Br)c1S(=O)(=O)N1CCCNC(=O)C1. The zero-order valence-electron chi connectivity index (χ0n) is 10.4. The molecule has 0 bridgehead atoms. The molecule has 6 nitrogen and oxygen atoms in total. The summed E-state index contributed by atoms with van der Waals surface area (Å²) < 4.78 is 27.5. The van der Waals surface area contributed by atoms with E-state index in [1.807, 2.05) is 0 Å². The fraction of sp³-hybridized carbons (Fsp3) is 0.364. The number of hydrogen-bond donors (Lipinski definition) is 2. The molecule has 1 aliphatic heterocycles. The molecule has 110 valence electrons. The second-order valence-corrected chi connectivity index (χ2v) is 7.99. The fourth-order valence-electron chi connectivity index (χ4n) is 1.97. The highest BCUT2D eigenvalue weighted by Crippen LogP contribution is 2.33. The van der Waals surface area contributed by atoms with E-state index >= 15 is 0 Å². The average molecular weight is 427 g/mol. The van der Waals surface area contributed by atoms with Crippen molar-refractivity contribution in [3.05, 3.63) is 21.1 Å². The number of sulfonamides is 1. The first-order chi connectivity index (χ1) is 9.32. The van der Waals surface area contributed by atoms with Crippen molar-refractivity contribution < 1.29 is 13.2 Å². The molecule has 0 aliphatic carbocycles.